The van der Waals surface area contributed by atoms with Gasteiger partial charge in [-0.3, -0.25) is 4.79 Å². The van der Waals surface area contributed by atoms with E-state index in [1.807, 2.05) is 31.2 Å². The Balaban J connectivity index is 2.04. The molecule has 110 valence electrons. The molecule has 1 aliphatic rings. The second kappa shape index (κ2) is 6.50. The highest BCUT2D eigenvalue weighted by Gasteiger charge is 2.26. The quantitative estimate of drug-likeness (QED) is 0.867. The van der Waals surface area contributed by atoms with Gasteiger partial charge in [0.05, 0.1) is 11.7 Å². The van der Waals surface area contributed by atoms with Gasteiger partial charge in [-0.15, -0.1) is 0 Å². The van der Waals surface area contributed by atoms with Crippen molar-refractivity contribution in [1.82, 2.24) is 5.32 Å². The van der Waals surface area contributed by atoms with Crippen molar-refractivity contribution >= 4 is 15.6 Å². The van der Waals surface area contributed by atoms with E-state index >= 15 is 0 Å². The SMILES string of the molecule is CCCS(=O)(=O)CCC(=O)C1CNCc2ccccc21. The molecule has 20 heavy (non-hydrogen) atoms. The number of fused-ring (bicyclic) bond motifs is 1. The molecule has 2 rings (SSSR count). The third-order valence-corrected chi connectivity index (χ3v) is 5.51. The predicted molar refractivity (Wildman–Crippen MR) is 79.5 cm³/mol. The molecule has 0 saturated carbocycles. The molecule has 1 unspecified atom stereocenters. The lowest BCUT2D eigenvalue weighted by molar-refractivity contribution is -0.120. The van der Waals surface area contributed by atoms with E-state index in [-0.39, 0.29) is 29.6 Å². The monoisotopic (exact) mass is 295 g/mol. The van der Waals surface area contributed by atoms with Crippen molar-refractivity contribution < 1.29 is 13.2 Å². The summed E-state index contributed by atoms with van der Waals surface area (Å²) >= 11 is 0. The summed E-state index contributed by atoms with van der Waals surface area (Å²) in [6, 6.07) is 7.87. The first-order valence-corrected chi connectivity index (χ1v) is 8.87. The molecule has 0 amide bonds. The van der Waals surface area contributed by atoms with Gasteiger partial charge in [0.1, 0.15) is 5.78 Å². The van der Waals surface area contributed by atoms with Crippen molar-refractivity contribution in [3.8, 4) is 0 Å². The number of carbonyl (C=O) groups excluding carboxylic acids is 1. The van der Waals surface area contributed by atoms with Gasteiger partial charge >= 0.3 is 0 Å². The number of Topliss-reactive ketones (excluding diaryl/α,β-unsaturated/α-hetero) is 1. The maximum absolute atomic E-state index is 12.3. The summed E-state index contributed by atoms with van der Waals surface area (Å²) in [7, 11) is -3.08. The number of hydrogen-bond acceptors (Lipinski definition) is 4. The van der Waals surface area contributed by atoms with E-state index in [0.29, 0.717) is 13.0 Å². The largest absolute Gasteiger partial charge is 0.312 e. The average Bonchev–Trinajstić information content (AvgIpc) is 2.44. The van der Waals surface area contributed by atoms with Crippen LogP contribution in [-0.2, 0) is 21.2 Å². The van der Waals surface area contributed by atoms with Gasteiger partial charge in [0.15, 0.2) is 9.84 Å². The summed E-state index contributed by atoms with van der Waals surface area (Å²) in [5, 5.41) is 3.22. The Labute approximate surface area is 120 Å². The molecule has 1 aromatic rings. The molecule has 0 aromatic heterocycles. The summed E-state index contributed by atoms with van der Waals surface area (Å²) in [5.74, 6) is -0.0564. The van der Waals surface area contributed by atoms with Crippen LogP contribution in [0, 0.1) is 0 Å². The molecule has 1 heterocycles. The molecule has 1 N–H and O–H groups in total. The second-order valence-electron chi connectivity index (χ2n) is 5.25. The zero-order valence-electron chi connectivity index (χ0n) is 11.8. The number of ketones is 1. The van der Waals surface area contributed by atoms with Crippen LogP contribution in [0.3, 0.4) is 0 Å². The van der Waals surface area contributed by atoms with Crippen molar-refractivity contribution in [2.75, 3.05) is 18.1 Å². The van der Waals surface area contributed by atoms with E-state index in [2.05, 4.69) is 5.32 Å². The van der Waals surface area contributed by atoms with Crippen molar-refractivity contribution in [3.05, 3.63) is 35.4 Å². The fraction of sp³-hybridized carbons (Fsp3) is 0.533. The minimum atomic E-state index is -3.08. The molecule has 1 aliphatic heterocycles. The lowest BCUT2D eigenvalue weighted by Gasteiger charge is -2.25. The Kier molecular flexibility index (Phi) is 4.94. The van der Waals surface area contributed by atoms with Crippen LogP contribution in [0.25, 0.3) is 0 Å². The molecule has 0 bridgehead atoms. The maximum Gasteiger partial charge on any atom is 0.150 e. The summed E-state index contributed by atoms with van der Waals surface area (Å²) < 4.78 is 23.4. The van der Waals surface area contributed by atoms with E-state index in [1.165, 1.54) is 0 Å². The van der Waals surface area contributed by atoms with E-state index in [9.17, 15) is 13.2 Å². The fourth-order valence-electron chi connectivity index (χ4n) is 2.63. The van der Waals surface area contributed by atoms with Crippen molar-refractivity contribution in [2.45, 2.75) is 32.2 Å². The van der Waals surface area contributed by atoms with Gasteiger partial charge in [-0.05, 0) is 17.5 Å². The Morgan fingerprint density at radius 2 is 2.05 bits per heavy atom. The van der Waals surface area contributed by atoms with E-state index in [0.717, 1.165) is 17.7 Å². The van der Waals surface area contributed by atoms with Crippen LogP contribution in [0.1, 0.15) is 36.8 Å². The third kappa shape index (κ3) is 3.67. The van der Waals surface area contributed by atoms with Crippen molar-refractivity contribution in [2.24, 2.45) is 0 Å². The Morgan fingerprint density at radius 1 is 1.30 bits per heavy atom. The van der Waals surface area contributed by atoms with Crippen LogP contribution >= 0.6 is 0 Å². The number of nitrogens with one attached hydrogen (secondary N) is 1. The molecular weight excluding hydrogens is 274 g/mol. The number of benzene rings is 1. The standard InChI is InChI=1S/C15H21NO3S/c1-2-8-20(18,19)9-7-15(17)14-11-16-10-12-5-3-4-6-13(12)14/h3-6,14,16H,2,7-11H2,1H3. The predicted octanol–water partition coefficient (Wildman–Crippen LogP) is 1.66. The van der Waals surface area contributed by atoms with Gasteiger partial charge in [0, 0.05) is 25.3 Å². The summed E-state index contributed by atoms with van der Waals surface area (Å²) in [6.45, 7) is 3.21. The lowest BCUT2D eigenvalue weighted by atomic mass is 9.87. The molecule has 0 radical (unpaired) electrons. The number of hydrogen-bond donors (Lipinski definition) is 1. The summed E-state index contributed by atoms with van der Waals surface area (Å²) in [5.41, 5.74) is 2.18. The van der Waals surface area contributed by atoms with E-state index < -0.39 is 9.84 Å². The highest BCUT2D eigenvalue weighted by molar-refractivity contribution is 7.91. The van der Waals surface area contributed by atoms with E-state index in [1.54, 1.807) is 0 Å². The average molecular weight is 295 g/mol. The highest BCUT2D eigenvalue weighted by atomic mass is 32.2. The van der Waals surface area contributed by atoms with Crippen LogP contribution in [0.5, 0.6) is 0 Å². The van der Waals surface area contributed by atoms with Gasteiger partial charge in [0.25, 0.3) is 0 Å². The highest BCUT2D eigenvalue weighted by Crippen LogP contribution is 2.25. The summed E-state index contributed by atoms with van der Waals surface area (Å²) in [4.78, 5) is 12.3. The van der Waals surface area contributed by atoms with Gasteiger partial charge in [-0.2, -0.15) is 0 Å². The molecule has 1 aromatic carbocycles. The lowest BCUT2D eigenvalue weighted by Crippen LogP contribution is -2.33. The second-order valence-corrected chi connectivity index (χ2v) is 7.55. The number of carbonyl (C=O) groups is 1. The Bertz CT molecular complexity index is 581. The first kappa shape index (κ1) is 15.2. The van der Waals surface area contributed by atoms with Crippen molar-refractivity contribution in [3.63, 3.8) is 0 Å². The van der Waals surface area contributed by atoms with Crippen LogP contribution in [0.15, 0.2) is 24.3 Å². The van der Waals surface area contributed by atoms with E-state index in [4.69, 9.17) is 0 Å². The van der Waals surface area contributed by atoms with Crippen LogP contribution in [0.2, 0.25) is 0 Å². The molecule has 1 atom stereocenters. The summed E-state index contributed by atoms with van der Waals surface area (Å²) in [6.07, 6.45) is 0.716. The molecule has 0 saturated heterocycles. The molecule has 0 aliphatic carbocycles. The molecular formula is C15H21NO3S. The normalized spacial score (nSPS) is 18.6. The first-order valence-electron chi connectivity index (χ1n) is 7.05. The van der Waals surface area contributed by atoms with Gasteiger partial charge in [-0.1, -0.05) is 31.2 Å². The molecule has 0 fully saturated rings. The molecule has 4 nitrogen and oxygen atoms in total. The third-order valence-electron chi connectivity index (χ3n) is 3.66. The van der Waals surface area contributed by atoms with Crippen LogP contribution < -0.4 is 5.32 Å². The topological polar surface area (TPSA) is 63.2 Å². The Morgan fingerprint density at radius 3 is 2.80 bits per heavy atom. The first-order chi connectivity index (χ1) is 9.53. The van der Waals surface area contributed by atoms with Crippen LogP contribution in [-0.4, -0.2) is 32.3 Å². The minimum Gasteiger partial charge on any atom is -0.312 e. The Hall–Kier alpha value is -1.20. The minimum absolute atomic E-state index is 0.0179. The fourth-order valence-corrected chi connectivity index (χ4v) is 3.97. The molecule has 0 spiro atoms. The van der Waals surface area contributed by atoms with Gasteiger partial charge in [-0.25, -0.2) is 8.42 Å². The zero-order chi connectivity index (χ0) is 14.6. The van der Waals surface area contributed by atoms with Gasteiger partial charge in [0.2, 0.25) is 0 Å². The maximum atomic E-state index is 12.3. The van der Waals surface area contributed by atoms with Crippen molar-refractivity contribution in [1.29, 1.82) is 0 Å². The zero-order valence-corrected chi connectivity index (χ0v) is 12.6. The number of rotatable bonds is 6. The van der Waals surface area contributed by atoms with Gasteiger partial charge < -0.3 is 5.32 Å². The number of sulfone groups is 1. The smallest absolute Gasteiger partial charge is 0.150 e. The van der Waals surface area contributed by atoms with Crippen LogP contribution in [0.4, 0.5) is 0 Å². The molecule has 5 heteroatoms.